The Labute approximate surface area is 138 Å². The molecule has 1 heterocycles. The van der Waals surface area contributed by atoms with E-state index in [0.29, 0.717) is 29.1 Å². The van der Waals surface area contributed by atoms with Crippen molar-refractivity contribution in [2.45, 2.75) is 25.4 Å². The molecule has 0 radical (unpaired) electrons. The molecule has 23 heavy (non-hydrogen) atoms. The molecule has 1 fully saturated rings. The van der Waals surface area contributed by atoms with Crippen molar-refractivity contribution in [2.75, 3.05) is 10.6 Å². The minimum Gasteiger partial charge on any atom is -0.392 e. The molecule has 1 saturated carbocycles. The number of aliphatic hydroxyl groups excluding tert-OH is 1. The standard InChI is InChI=1S/C17H18N2O3S/c20-14-8-3-5-11(14)16(21)18-12-6-1-2-7-13(12)19-17(22)15-9-4-10-23-15/h1-2,4,6-7,9-11,14,20H,3,5,8H2,(H,18,21)(H,19,22). The van der Waals surface area contributed by atoms with Gasteiger partial charge in [-0.15, -0.1) is 11.3 Å². The lowest BCUT2D eigenvalue weighted by molar-refractivity contribution is -0.122. The number of hydrogen-bond acceptors (Lipinski definition) is 4. The Morgan fingerprint density at radius 2 is 1.78 bits per heavy atom. The number of carbonyl (C=O) groups is 2. The molecule has 3 rings (SSSR count). The fourth-order valence-corrected chi connectivity index (χ4v) is 3.38. The van der Waals surface area contributed by atoms with Gasteiger partial charge in [-0.05, 0) is 42.8 Å². The summed E-state index contributed by atoms with van der Waals surface area (Å²) in [5.74, 6) is -0.786. The number of rotatable bonds is 4. The molecule has 2 amide bonds. The van der Waals surface area contributed by atoms with Crippen LogP contribution in [0.25, 0.3) is 0 Å². The molecule has 5 nitrogen and oxygen atoms in total. The highest BCUT2D eigenvalue weighted by Crippen LogP contribution is 2.29. The van der Waals surface area contributed by atoms with Crippen LogP contribution >= 0.6 is 11.3 Å². The summed E-state index contributed by atoms with van der Waals surface area (Å²) in [6.07, 6.45) is 1.63. The number of para-hydroxylation sites is 2. The summed E-state index contributed by atoms with van der Waals surface area (Å²) in [6, 6.07) is 10.6. The molecule has 2 aromatic rings. The van der Waals surface area contributed by atoms with E-state index in [-0.39, 0.29) is 17.7 Å². The lowest BCUT2D eigenvalue weighted by atomic mass is 10.1. The minimum absolute atomic E-state index is 0.201. The molecule has 2 unspecified atom stereocenters. The van der Waals surface area contributed by atoms with Crippen LogP contribution in [0.1, 0.15) is 28.9 Å². The van der Waals surface area contributed by atoms with E-state index in [1.54, 1.807) is 30.3 Å². The van der Waals surface area contributed by atoms with Crippen LogP contribution in [0.4, 0.5) is 11.4 Å². The average Bonchev–Trinajstić information content (AvgIpc) is 3.20. The lowest BCUT2D eigenvalue weighted by Crippen LogP contribution is -2.29. The predicted molar refractivity (Wildman–Crippen MR) is 90.7 cm³/mol. The number of amides is 2. The van der Waals surface area contributed by atoms with E-state index in [9.17, 15) is 14.7 Å². The first-order valence-electron chi connectivity index (χ1n) is 7.58. The largest absolute Gasteiger partial charge is 0.392 e. The second-order valence-electron chi connectivity index (χ2n) is 5.57. The molecule has 3 N–H and O–H groups in total. The first kappa shape index (κ1) is 15.7. The van der Waals surface area contributed by atoms with Crippen molar-refractivity contribution >= 4 is 34.5 Å². The van der Waals surface area contributed by atoms with Crippen LogP contribution in [0.5, 0.6) is 0 Å². The van der Waals surface area contributed by atoms with Gasteiger partial charge in [-0.3, -0.25) is 9.59 Å². The summed E-state index contributed by atoms with van der Waals surface area (Å²) < 4.78 is 0. The quantitative estimate of drug-likeness (QED) is 0.806. The maximum atomic E-state index is 12.3. The number of carbonyl (C=O) groups excluding carboxylic acids is 2. The fraction of sp³-hybridized carbons (Fsp3) is 0.294. The van der Waals surface area contributed by atoms with E-state index >= 15 is 0 Å². The molecule has 0 aliphatic heterocycles. The molecular formula is C17H18N2O3S. The van der Waals surface area contributed by atoms with Crippen molar-refractivity contribution in [1.29, 1.82) is 0 Å². The van der Waals surface area contributed by atoms with Crippen LogP contribution in [0.15, 0.2) is 41.8 Å². The maximum absolute atomic E-state index is 12.3. The highest BCUT2D eigenvalue weighted by Gasteiger charge is 2.31. The Hall–Kier alpha value is -2.18. The number of thiophene rings is 1. The molecule has 1 aromatic heterocycles. The minimum atomic E-state index is -0.581. The van der Waals surface area contributed by atoms with Crippen LogP contribution in [0, 0.1) is 5.92 Å². The Balaban J connectivity index is 1.73. The summed E-state index contributed by atoms with van der Waals surface area (Å²) in [5.41, 5.74) is 1.09. The van der Waals surface area contributed by atoms with Gasteiger partial charge in [0, 0.05) is 0 Å². The summed E-state index contributed by atoms with van der Waals surface area (Å²) in [7, 11) is 0. The SMILES string of the molecule is O=C(Nc1ccccc1NC(=O)C1CCCC1O)c1cccs1. The number of aliphatic hydroxyl groups is 1. The van der Waals surface area contributed by atoms with Gasteiger partial charge in [-0.25, -0.2) is 0 Å². The van der Waals surface area contributed by atoms with Crippen LogP contribution in [-0.2, 0) is 4.79 Å². The first-order chi connectivity index (χ1) is 11.1. The van der Waals surface area contributed by atoms with Crippen LogP contribution in [0.3, 0.4) is 0 Å². The van der Waals surface area contributed by atoms with E-state index in [0.717, 1.165) is 6.42 Å². The van der Waals surface area contributed by atoms with Gasteiger partial charge in [0.25, 0.3) is 5.91 Å². The number of hydrogen-bond donors (Lipinski definition) is 3. The normalized spacial score (nSPS) is 20.2. The number of nitrogens with one attached hydrogen (secondary N) is 2. The third-order valence-electron chi connectivity index (χ3n) is 3.99. The Bertz CT molecular complexity index is 700. The Morgan fingerprint density at radius 1 is 1.04 bits per heavy atom. The van der Waals surface area contributed by atoms with Gasteiger partial charge in [-0.1, -0.05) is 18.2 Å². The third kappa shape index (κ3) is 3.60. The molecular weight excluding hydrogens is 312 g/mol. The molecule has 0 saturated heterocycles. The van der Waals surface area contributed by atoms with Gasteiger partial charge >= 0.3 is 0 Å². The van der Waals surface area contributed by atoms with Gasteiger partial charge < -0.3 is 15.7 Å². The summed E-state index contributed by atoms with van der Waals surface area (Å²) in [5, 5.41) is 17.3. The predicted octanol–water partition coefficient (Wildman–Crippen LogP) is 3.10. The molecule has 0 bridgehead atoms. The molecule has 1 aliphatic carbocycles. The lowest BCUT2D eigenvalue weighted by Gasteiger charge is -2.16. The highest BCUT2D eigenvalue weighted by molar-refractivity contribution is 7.12. The molecule has 1 aromatic carbocycles. The third-order valence-corrected chi connectivity index (χ3v) is 4.86. The smallest absolute Gasteiger partial charge is 0.265 e. The monoisotopic (exact) mass is 330 g/mol. The molecule has 0 spiro atoms. The van der Waals surface area contributed by atoms with Crippen molar-refractivity contribution in [2.24, 2.45) is 5.92 Å². The van der Waals surface area contributed by atoms with E-state index in [2.05, 4.69) is 10.6 Å². The Kier molecular flexibility index (Phi) is 4.73. The van der Waals surface area contributed by atoms with Gasteiger partial charge in [0.05, 0.1) is 28.3 Å². The van der Waals surface area contributed by atoms with Gasteiger partial charge in [0.1, 0.15) is 0 Å². The van der Waals surface area contributed by atoms with Gasteiger partial charge in [-0.2, -0.15) is 0 Å². The van der Waals surface area contributed by atoms with E-state index in [1.165, 1.54) is 11.3 Å². The fourth-order valence-electron chi connectivity index (χ4n) is 2.76. The van der Waals surface area contributed by atoms with Gasteiger partial charge in [0.15, 0.2) is 0 Å². The van der Waals surface area contributed by atoms with Crippen LogP contribution < -0.4 is 10.6 Å². The van der Waals surface area contributed by atoms with Crippen molar-refractivity contribution < 1.29 is 14.7 Å². The van der Waals surface area contributed by atoms with E-state index < -0.39 is 6.10 Å². The van der Waals surface area contributed by atoms with Crippen molar-refractivity contribution in [3.8, 4) is 0 Å². The second-order valence-corrected chi connectivity index (χ2v) is 6.52. The van der Waals surface area contributed by atoms with Crippen molar-refractivity contribution in [3.05, 3.63) is 46.7 Å². The first-order valence-corrected chi connectivity index (χ1v) is 8.46. The highest BCUT2D eigenvalue weighted by atomic mass is 32.1. The average molecular weight is 330 g/mol. The number of benzene rings is 1. The molecule has 2 atom stereocenters. The Morgan fingerprint density at radius 3 is 2.39 bits per heavy atom. The second kappa shape index (κ2) is 6.93. The number of anilines is 2. The zero-order valence-corrected chi connectivity index (χ0v) is 13.3. The molecule has 6 heteroatoms. The maximum Gasteiger partial charge on any atom is 0.265 e. The summed E-state index contributed by atoms with van der Waals surface area (Å²) in [6.45, 7) is 0. The summed E-state index contributed by atoms with van der Waals surface area (Å²) in [4.78, 5) is 25.1. The van der Waals surface area contributed by atoms with E-state index in [4.69, 9.17) is 0 Å². The van der Waals surface area contributed by atoms with Crippen molar-refractivity contribution in [1.82, 2.24) is 0 Å². The molecule has 120 valence electrons. The van der Waals surface area contributed by atoms with E-state index in [1.807, 2.05) is 11.4 Å². The zero-order valence-electron chi connectivity index (χ0n) is 12.5. The topological polar surface area (TPSA) is 78.4 Å². The van der Waals surface area contributed by atoms with Crippen LogP contribution in [-0.4, -0.2) is 23.0 Å². The van der Waals surface area contributed by atoms with Crippen molar-refractivity contribution in [3.63, 3.8) is 0 Å². The molecule has 1 aliphatic rings. The van der Waals surface area contributed by atoms with Gasteiger partial charge in [0.2, 0.25) is 5.91 Å². The summed E-state index contributed by atoms with van der Waals surface area (Å²) >= 11 is 1.36. The zero-order chi connectivity index (χ0) is 16.2. The van der Waals surface area contributed by atoms with Crippen LogP contribution in [0.2, 0.25) is 0 Å².